The number of rotatable bonds is 4. The molecular formula is C15H7ClF6O3. The van der Waals surface area contributed by atoms with Gasteiger partial charge in [-0.05, 0) is 19.1 Å². The zero-order valence-electron chi connectivity index (χ0n) is 12.1. The highest BCUT2D eigenvalue weighted by Gasteiger charge is 2.29. The minimum atomic E-state index is -2.40. The van der Waals surface area contributed by atoms with Crippen LogP contribution in [0.3, 0.4) is 0 Å². The molecule has 0 radical (unpaired) electrons. The second-order valence-corrected chi connectivity index (χ2v) is 5.21. The van der Waals surface area contributed by atoms with Gasteiger partial charge in [-0.15, -0.1) is 0 Å². The van der Waals surface area contributed by atoms with Crippen LogP contribution in [-0.2, 0) is 4.79 Å². The Balaban J connectivity index is 2.71. The van der Waals surface area contributed by atoms with E-state index < -0.39 is 68.9 Å². The third-order valence-corrected chi connectivity index (χ3v) is 3.45. The van der Waals surface area contributed by atoms with Gasteiger partial charge in [0, 0.05) is 5.56 Å². The van der Waals surface area contributed by atoms with Gasteiger partial charge in [-0.25, -0.2) is 31.1 Å². The second-order valence-electron chi connectivity index (χ2n) is 4.81. The maximum Gasteiger partial charge on any atom is 0.344 e. The highest BCUT2D eigenvalue weighted by Crippen LogP contribution is 2.38. The Bertz CT molecular complexity index is 842. The van der Waals surface area contributed by atoms with Gasteiger partial charge in [0.15, 0.2) is 29.4 Å². The van der Waals surface area contributed by atoms with Crippen molar-refractivity contribution in [3.8, 4) is 16.9 Å². The molecule has 0 saturated heterocycles. The van der Waals surface area contributed by atoms with Crippen molar-refractivity contribution in [2.24, 2.45) is 0 Å². The van der Waals surface area contributed by atoms with Crippen LogP contribution in [0.2, 0.25) is 5.02 Å². The Labute approximate surface area is 141 Å². The second kappa shape index (κ2) is 6.83. The van der Waals surface area contributed by atoms with Gasteiger partial charge in [0.25, 0.3) is 0 Å². The summed E-state index contributed by atoms with van der Waals surface area (Å²) in [7, 11) is 0. The van der Waals surface area contributed by atoms with Crippen molar-refractivity contribution < 1.29 is 41.0 Å². The maximum atomic E-state index is 14.0. The third-order valence-electron chi connectivity index (χ3n) is 3.15. The van der Waals surface area contributed by atoms with E-state index >= 15 is 0 Å². The first-order chi connectivity index (χ1) is 11.6. The van der Waals surface area contributed by atoms with E-state index in [0.717, 1.165) is 6.92 Å². The van der Waals surface area contributed by atoms with Gasteiger partial charge in [0.05, 0.1) is 10.6 Å². The fraction of sp³-hybridized carbons (Fsp3) is 0.133. The van der Waals surface area contributed by atoms with Crippen LogP contribution in [0.1, 0.15) is 6.92 Å². The third kappa shape index (κ3) is 3.37. The number of carboxylic acid groups (broad SMARTS) is 1. The molecule has 0 bridgehead atoms. The van der Waals surface area contributed by atoms with Gasteiger partial charge in [0.2, 0.25) is 5.82 Å². The first-order valence-electron chi connectivity index (χ1n) is 6.46. The van der Waals surface area contributed by atoms with E-state index in [-0.39, 0.29) is 0 Å². The van der Waals surface area contributed by atoms with Crippen molar-refractivity contribution in [1.82, 2.24) is 0 Å². The standard InChI is InChI=1S/C15H7ClF6O3/c1-4(15(23)24)25-8-2-5(7(17)3-6(8)16)9-10(18)12(20)14(22)13(21)11(9)19/h2-4H,1H3,(H,23,24). The van der Waals surface area contributed by atoms with Crippen LogP contribution in [0, 0.1) is 34.9 Å². The van der Waals surface area contributed by atoms with Crippen molar-refractivity contribution >= 4 is 17.6 Å². The highest BCUT2D eigenvalue weighted by molar-refractivity contribution is 6.32. The van der Waals surface area contributed by atoms with Crippen molar-refractivity contribution in [3.05, 3.63) is 52.1 Å². The van der Waals surface area contributed by atoms with Gasteiger partial charge >= 0.3 is 5.97 Å². The molecule has 0 spiro atoms. The Morgan fingerprint density at radius 3 is 1.96 bits per heavy atom. The van der Waals surface area contributed by atoms with Gasteiger partial charge in [0.1, 0.15) is 11.6 Å². The summed E-state index contributed by atoms with van der Waals surface area (Å²) in [4.78, 5) is 10.8. The first kappa shape index (κ1) is 18.9. The smallest absolute Gasteiger partial charge is 0.344 e. The molecule has 0 aliphatic heterocycles. The summed E-state index contributed by atoms with van der Waals surface area (Å²) in [5, 5.41) is 8.30. The monoisotopic (exact) mass is 384 g/mol. The number of carbonyl (C=O) groups is 1. The van der Waals surface area contributed by atoms with E-state index in [2.05, 4.69) is 0 Å². The predicted molar refractivity (Wildman–Crippen MR) is 74.4 cm³/mol. The fourth-order valence-corrected chi connectivity index (χ4v) is 2.09. The summed E-state index contributed by atoms with van der Waals surface area (Å²) in [5.74, 6) is -14.8. The Morgan fingerprint density at radius 2 is 1.48 bits per heavy atom. The lowest BCUT2D eigenvalue weighted by atomic mass is 10.0. The van der Waals surface area contributed by atoms with Crippen LogP contribution < -0.4 is 4.74 Å². The Hall–Kier alpha value is -2.42. The summed E-state index contributed by atoms with van der Waals surface area (Å²) in [5.41, 5.74) is -2.57. The molecule has 1 atom stereocenters. The molecule has 2 aromatic rings. The van der Waals surface area contributed by atoms with E-state index in [9.17, 15) is 31.1 Å². The molecule has 1 unspecified atom stereocenters. The normalized spacial score (nSPS) is 12.2. The van der Waals surface area contributed by atoms with Crippen molar-refractivity contribution in [2.45, 2.75) is 13.0 Å². The fourth-order valence-electron chi connectivity index (χ4n) is 1.89. The SMILES string of the molecule is CC(Oc1cc(-c2c(F)c(F)c(F)c(F)c2F)c(F)cc1Cl)C(=O)O. The van der Waals surface area contributed by atoms with Crippen LogP contribution in [0.15, 0.2) is 12.1 Å². The van der Waals surface area contributed by atoms with E-state index in [1.54, 1.807) is 0 Å². The molecule has 0 heterocycles. The Kier molecular flexibility index (Phi) is 5.17. The molecular weight excluding hydrogens is 378 g/mol. The van der Waals surface area contributed by atoms with E-state index in [1.807, 2.05) is 0 Å². The molecule has 0 aliphatic rings. The molecule has 2 aromatic carbocycles. The van der Waals surface area contributed by atoms with Crippen LogP contribution in [-0.4, -0.2) is 17.2 Å². The molecule has 0 saturated carbocycles. The van der Waals surface area contributed by atoms with E-state index in [1.165, 1.54) is 0 Å². The average Bonchev–Trinajstić information content (AvgIpc) is 2.54. The molecule has 0 amide bonds. The molecule has 0 aromatic heterocycles. The number of aliphatic carboxylic acids is 1. The zero-order valence-corrected chi connectivity index (χ0v) is 12.9. The van der Waals surface area contributed by atoms with Crippen molar-refractivity contribution in [3.63, 3.8) is 0 Å². The topological polar surface area (TPSA) is 46.5 Å². The lowest BCUT2D eigenvalue weighted by molar-refractivity contribution is -0.144. The molecule has 0 fully saturated rings. The summed E-state index contributed by atoms with van der Waals surface area (Å²) in [6.45, 7) is 1.08. The summed E-state index contributed by atoms with van der Waals surface area (Å²) < 4.78 is 86.2. The number of carboxylic acids is 1. The van der Waals surface area contributed by atoms with Crippen molar-refractivity contribution in [1.29, 1.82) is 0 Å². The molecule has 134 valence electrons. The first-order valence-corrected chi connectivity index (χ1v) is 6.84. The summed E-state index contributed by atoms with van der Waals surface area (Å²) >= 11 is 5.65. The zero-order chi connectivity index (χ0) is 19.0. The van der Waals surface area contributed by atoms with Crippen LogP contribution in [0.5, 0.6) is 5.75 Å². The van der Waals surface area contributed by atoms with Crippen molar-refractivity contribution in [2.75, 3.05) is 0 Å². The van der Waals surface area contributed by atoms with Gasteiger partial charge in [-0.1, -0.05) is 11.6 Å². The lowest BCUT2D eigenvalue weighted by Gasteiger charge is -2.15. The highest BCUT2D eigenvalue weighted by atomic mass is 35.5. The molecule has 2 rings (SSSR count). The molecule has 25 heavy (non-hydrogen) atoms. The number of hydrogen-bond donors (Lipinski definition) is 1. The molecule has 1 N–H and O–H groups in total. The molecule has 0 aliphatic carbocycles. The molecule has 10 heteroatoms. The van der Waals surface area contributed by atoms with Gasteiger partial charge in [-0.2, -0.15) is 0 Å². The Morgan fingerprint density at radius 1 is 1.00 bits per heavy atom. The van der Waals surface area contributed by atoms with Gasteiger partial charge < -0.3 is 9.84 Å². The maximum absolute atomic E-state index is 14.0. The van der Waals surface area contributed by atoms with Crippen LogP contribution in [0.4, 0.5) is 26.3 Å². The van der Waals surface area contributed by atoms with Crippen LogP contribution in [0.25, 0.3) is 11.1 Å². The van der Waals surface area contributed by atoms with Crippen LogP contribution >= 0.6 is 11.6 Å². The number of benzene rings is 2. The predicted octanol–water partition coefficient (Wildman–Crippen LogP) is 4.69. The number of ether oxygens (including phenoxy) is 1. The average molecular weight is 385 g/mol. The summed E-state index contributed by atoms with van der Waals surface area (Å²) in [6, 6.07) is 1.05. The quantitative estimate of drug-likeness (QED) is 0.472. The summed E-state index contributed by atoms with van der Waals surface area (Å²) in [6.07, 6.45) is -1.48. The minimum Gasteiger partial charge on any atom is -0.479 e. The number of halogens is 7. The molecule has 3 nitrogen and oxygen atoms in total. The van der Waals surface area contributed by atoms with Gasteiger partial charge in [-0.3, -0.25) is 0 Å². The largest absolute Gasteiger partial charge is 0.479 e. The lowest BCUT2D eigenvalue weighted by Crippen LogP contribution is -2.23. The van der Waals surface area contributed by atoms with E-state index in [4.69, 9.17) is 21.4 Å². The minimum absolute atomic E-state index is 0.460. The number of hydrogen-bond acceptors (Lipinski definition) is 2. The van der Waals surface area contributed by atoms with E-state index in [0.29, 0.717) is 12.1 Å².